The van der Waals surface area contributed by atoms with E-state index in [2.05, 4.69) is 25.5 Å². The summed E-state index contributed by atoms with van der Waals surface area (Å²) in [6.45, 7) is 0.263. The van der Waals surface area contributed by atoms with Gasteiger partial charge in [-0.05, 0) is 37.0 Å². The lowest BCUT2D eigenvalue weighted by Gasteiger charge is -2.22. The number of rotatable bonds is 7. The van der Waals surface area contributed by atoms with Gasteiger partial charge in [-0.25, -0.2) is 4.79 Å². The quantitative estimate of drug-likeness (QED) is 0.687. The number of nitrogens with zero attached hydrogens (tertiary/aromatic N) is 3. The van der Waals surface area contributed by atoms with Crippen LogP contribution in [0.5, 0.6) is 5.75 Å². The summed E-state index contributed by atoms with van der Waals surface area (Å²) in [6, 6.07) is 4.80. The molecule has 2 N–H and O–H groups in total. The van der Waals surface area contributed by atoms with Gasteiger partial charge in [0.05, 0.1) is 6.54 Å². The van der Waals surface area contributed by atoms with E-state index in [1.807, 2.05) is 0 Å². The topological polar surface area (TPSA) is 110 Å². The Hall–Kier alpha value is -3.31. The SMILES string of the molecule is O=C(NCc1noc([C@@H]2CCC(=O)N2Cc2ccc(OC(F)(F)F)cc2)n1)NC1CC1. The second-order valence-corrected chi connectivity index (χ2v) is 7.42. The molecule has 4 rings (SSSR count). The van der Waals surface area contributed by atoms with Gasteiger partial charge in [0.15, 0.2) is 5.82 Å². The average Bonchev–Trinajstić information content (AvgIpc) is 3.26. The molecule has 2 aromatic rings. The van der Waals surface area contributed by atoms with Crippen molar-refractivity contribution in [1.82, 2.24) is 25.7 Å². The van der Waals surface area contributed by atoms with Crippen LogP contribution in [0.2, 0.25) is 0 Å². The third-order valence-electron chi connectivity index (χ3n) is 4.93. The van der Waals surface area contributed by atoms with E-state index in [1.165, 1.54) is 24.3 Å². The summed E-state index contributed by atoms with van der Waals surface area (Å²) in [5, 5.41) is 9.28. The minimum atomic E-state index is -4.76. The maximum Gasteiger partial charge on any atom is 0.573 e. The van der Waals surface area contributed by atoms with Crippen molar-refractivity contribution in [2.45, 2.75) is 57.2 Å². The van der Waals surface area contributed by atoms with Gasteiger partial charge >= 0.3 is 12.4 Å². The molecule has 1 aliphatic heterocycles. The molecule has 1 saturated heterocycles. The molecule has 2 fully saturated rings. The zero-order valence-corrected chi connectivity index (χ0v) is 16.3. The number of likely N-dealkylation sites (tertiary alicyclic amines) is 1. The Morgan fingerprint density at radius 3 is 2.65 bits per heavy atom. The Labute approximate surface area is 174 Å². The minimum Gasteiger partial charge on any atom is -0.406 e. The van der Waals surface area contributed by atoms with E-state index < -0.39 is 12.4 Å². The summed E-state index contributed by atoms with van der Waals surface area (Å²) in [5.74, 6) is 0.0822. The highest BCUT2D eigenvalue weighted by molar-refractivity contribution is 5.78. The fraction of sp³-hybridized carbons (Fsp3) is 0.474. The molecule has 0 bridgehead atoms. The summed E-state index contributed by atoms with van der Waals surface area (Å²) in [6.07, 6.45) is -2.04. The molecule has 1 aromatic carbocycles. The molecule has 166 valence electrons. The van der Waals surface area contributed by atoms with Crippen molar-refractivity contribution in [3.63, 3.8) is 0 Å². The largest absolute Gasteiger partial charge is 0.573 e. The third kappa shape index (κ3) is 5.64. The molecule has 1 saturated carbocycles. The molecule has 2 heterocycles. The zero-order chi connectivity index (χ0) is 22.0. The van der Waals surface area contributed by atoms with Gasteiger partial charge in [-0.3, -0.25) is 4.79 Å². The van der Waals surface area contributed by atoms with Gasteiger partial charge in [0.1, 0.15) is 11.8 Å². The number of carbonyl (C=O) groups is 2. The molecule has 0 spiro atoms. The summed E-state index contributed by atoms with van der Waals surface area (Å²) in [7, 11) is 0. The lowest BCUT2D eigenvalue weighted by molar-refractivity contribution is -0.274. The monoisotopic (exact) mass is 439 g/mol. The maximum absolute atomic E-state index is 12.3. The van der Waals surface area contributed by atoms with Crippen LogP contribution in [-0.2, 0) is 17.9 Å². The summed E-state index contributed by atoms with van der Waals surface area (Å²) in [4.78, 5) is 29.9. The van der Waals surface area contributed by atoms with Gasteiger partial charge < -0.3 is 24.8 Å². The Kier molecular flexibility index (Phi) is 5.70. The number of hydrogen-bond acceptors (Lipinski definition) is 6. The molecule has 3 amide bonds. The van der Waals surface area contributed by atoms with E-state index in [9.17, 15) is 22.8 Å². The Bertz CT molecular complexity index is 943. The summed E-state index contributed by atoms with van der Waals surface area (Å²) >= 11 is 0. The molecular formula is C19H20F3N5O4. The highest BCUT2D eigenvalue weighted by atomic mass is 19.4. The van der Waals surface area contributed by atoms with Crippen LogP contribution in [0, 0.1) is 0 Å². The van der Waals surface area contributed by atoms with Gasteiger partial charge in [-0.1, -0.05) is 17.3 Å². The van der Waals surface area contributed by atoms with Crippen LogP contribution in [0.4, 0.5) is 18.0 Å². The number of benzene rings is 1. The molecule has 1 atom stereocenters. The van der Waals surface area contributed by atoms with Crippen LogP contribution in [0.25, 0.3) is 0 Å². The van der Waals surface area contributed by atoms with E-state index in [0.29, 0.717) is 18.4 Å². The molecule has 1 aromatic heterocycles. The number of urea groups is 1. The van der Waals surface area contributed by atoms with Gasteiger partial charge in [0.25, 0.3) is 0 Å². The van der Waals surface area contributed by atoms with E-state index in [1.54, 1.807) is 4.90 Å². The number of carbonyl (C=O) groups excluding carboxylic acids is 2. The zero-order valence-electron chi connectivity index (χ0n) is 16.3. The van der Waals surface area contributed by atoms with E-state index in [-0.39, 0.29) is 48.5 Å². The molecule has 12 heteroatoms. The van der Waals surface area contributed by atoms with Crippen LogP contribution in [0.3, 0.4) is 0 Å². The Morgan fingerprint density at radius 2 is 1.97 bits per heavy atom. The second-order valence-electron chi connectivity index (χ2n) is 7.42. The number of halogens is 3. The summed E-state index contributed by atoms with van der Waals surface area (Å²) in [5.41, 5.74) is 0.632. The first kappa shape index (κ1) is 20.9. The van der Waals surface area contributed by atoms with Crippen LogP contribution >= 0.6 is 0 Å². The van der Waals surface area contributed by atoms with Crippen LogP contribution in [0.1, 0.15) is 49.0 Å². The van der Waals surface area contributed by atoms with Crippen LogP contribution in [-0.4, -0.2) is 39.4 Å². The van der Waals surface area contributed by atoms with Crippen molar-refractivity contribution in [3.8, 4) is 5.75 Å². The number of amides is 3. The van der Waals surface area contributed by atoms with Gasteiger partial charge in [0.2, 0.25) is 11.8 Å². The first-order valence-corrected chi connectivity index (χ1v) is 9.78. The molecule has 0 radical (unpaired) electrons. The Morgan fingerprint density at radius 1 is 1.23 bits per heavy atom. The van der Waals surface area contributed by atoms with Crippen molar-refractivity contribution in [3.05, 3.63) is 41.5 Å². The van der Waals surface area contributed by atoms with Crippen LogP contribution < -0.4 is 15.4 Å². The van der Waals surface area contributed by atoms with E-state index >= 15 is 0 Å². The smallest absolute Gasteiger partial charge is 0.406 e. The first-order chi connectivity index (χ1) is 14.8. The van der Waals surface area contributed by atoms with Crippen LogP contribution in [0.15, 0.2) is 28.8 Å². The number of alkyl halides is 3. The predicted octanol–water partition coefficient (Wildman–Crippen LogP) is 2.79. The van der Waals surface area contributed by atoms with E-state index in [4.69, 9.17) is 4.52 Å². The van der Waals surface area contributed by atoms with Crippen molar-refractivity contribution in [2.24, 2.45) is 0 Å². The fourth-order valence-corrected chi connectivity index (χ4v) is 3.28. The fourth-order valence-electron chi connectivity index (χ4n) is 3.28. The second kappa shape index (κ2) is 8.44. The predicted molar refractivity (Wildman–Crippen MR) is 98.3 cm³/mol. The van der Waals surface area contributed by atoms with Gasteiger partial charge in [-0.2, -0.15) is 4.98 Å². The van der Waals surface area contributed by atoms with Crippen molar-refractivity contribution in [2.75, 3.05) is 0 Å². The molecule has 1 aliphatic carbocycles. The highest BCUT2D eigenvalue weighted by Gasteiger charge is 2.36. The average molecular weight is 439 g/mol. The number of nitrogens with one attached hydrogen (secondary N) is 2. The van der Waals surface area contributed by atoms with Gasteiger partial charge in [-0.15, -0.1) is 13.2 Å². The first-order valence-electron chi connectivity index (χ1n) is 9.78. The molecule has 9 nitrogen and oxygen atoms in total. The molecular weight excluding hydrogens is 419 g/mol. The Balaban J connectivity index is 1.36. The number of aromatic nitrogens is 2. The molecule has 0 unspecified atom stereocenters. The molecule has 31 heavy (non-hydrogen) atoms. The maximum atomic E-state index is 12.3. The van der Waals surface area contributed by atoms with Crippen molar-refractivity contribution < 1.29 is 32.0 Å². The third-order valence-corrected chi connectivity index (χ3v) is 4.93. The lowest BCUT2D eigenvalue weighted by Crippen LogP contribution is -2.36. The van der Waals surface area contributed by atoms with Crippen molar-refractivity contribution >= 4 is 11.9 Å². The number of hydrogen-bond donors (Lipinski definition) is 2. The lowest BCUT2D eigenvalue weighted by atomic mass is 10.1. The standard InChI is InChI=1S/C19H20F3N5O4/c20-19(21,22)30-13-5-1-11(2-6-13)10-27-14(7-8-16(27)28)17-25-15(26-31-17)9-23-18(29)24-12-3-4-12/h1-2,5-6,12,14H,3-4,7-10H2,(H2,23,24,29)/t14-/m0/s1. The molecule has 2 aliphatic rings. The highest BCUT2D eigenvalue weighted by Crippen LogP contribution is 2.33. The van der Waals surface area contributed by atoms with E-state index in [0.717, 1.165) is 12.8 Å². The van der Waals surface area contributed by atoms with Crippen molar-refractivity contribution in [1.29, 1.82) is 0 Å². The minimum absolute atomic E-state index is 0.0867. The number of ether oxygens (including phenoxy) is 1. The van der Waals surface area contributed by atoms with Gasteiger partial charge in [0, 0.05) is 19.0 Å². The summed E-state index contributed by atoms with van der Waals surface area (Å²) < 4.78 is 46.0. The normalized spacial score (nSPS) is 18.9.